The van der Waals surface area contributed by atoms with E-state index in [0.717, 1.165) is 5.69 Å². The molecule has 1 aromatic rings. The Hall–Kier alpha value is -2.05. The van der Waals surface area contributed by atoms with Crippen LogP contribution < -0.4 is 0 Å². The van der Waals surface area contributed by atoms with Crippen LogP contribution >= 0.6 is 0 Å². The molecular formula is C15H23N3O4. The Morgan fingerprint density at radius 1 is 1.36 bits per heavy atom. The summed E-state index contributed by atoms with van der Waals surface area (Å²) >= 11 is 0. The predicted octanol–water partition coefficient (Wildman–Crippen LogP) is 2.57. The van der Waals surface area contributed by atoms with Crippen LogP contribution in [0.1, 0.15) is 62.4 Å². The van der Waals surface area contributed by atoms with Crippen LogP contribution in [0.25, 0.3) is 0 Å². The molecule has 0 saturated heterocycles. The molecule has 0 saturated carbocycles. The van der Waals surface area contributed by atoms with Gasteiger partial charge in [-0.05, 0) is 26.7 Å². The molecule has 7 heteroatoms. The zero-order valence-corrected chi connectivity index (χ0v) is 13.9. The van der Waals surface area contributed by atoms with E-state index in [-0.39, 0.29) is 24.2 Å². The summed E-state index contributed by atoms with van der Waals surface area (Å²) in [6.07, 6.45) is -0.432. The van der Waals surface area contributed by atoms with Crippen molar-refractivity contribution in [2.24, 2.45) is 13.0 Å². The Kier molecular flexibility index (Phi) is 3.93. The van der Waals surface area contributed by atoms with E-state index >= 15 is 0 Å². The van der Waals surface area contributed by atoms with Crippen molar-refractivity contribution in [1.82, 2.24) is 14.7 Å². The Morgan fingerprint density at radius 3 is 2.41 bits per heavy atom. The number of amides is 1. The van der Waals surface area contributed by atoms with Crippen molar-refractivity contribution in [1.29, 1.82) is 0 Å². The smallest absolute Gasteiger partial charge is 0.411 e. The van der Waals surface area contributed by atoms with Crippen LogP contribution in [0.4, 0.5) is 4.79 Å². The summed E-state index contributed by atoms with van der Waals surface area (Å²) in [7, 11) is 1.71. The molecule has 1 aliphatic rings. The van der Waals surface area contributed by atoms with Crippen molar-refractivity contribution < 1.29 is 19.4 Å². The summed E-state index contributed by atoms with van der Waals surface area (Å²) in [5, 5.41) is 13.4. The van der Waals surface area contributed by atoms with Crippen LogP contribution in [0, 0.1) is 5.92 Å². The number of aromatic carboxylic acids is 1. The molecule has 0 unspecified atom stereocenters. The Morgan fingerprint density at radius 2 is 1.95 bits per heavy atom. The highest BCUT2D eigenvalue weighted by atomic mass is 16.6. The molecule has 1 aliphatic heterocycles. The van der Waals surface area contributed by atoms with E-state index in [9.17, 15) is 14.7 Å². The second-order valence-corrected chi connectivity index (χ2v) is 6.94. The van der Waals surface area contributed by atoms with Gasteiger partial charge in [0, 0.05) is 12.6 Å². The van der Waals surface area contributed by atoms with Gasteiger partial charge in [0.1, 0.15) is 5.60 Å². The van der Waals surface area contributed by atoms with Crippen LogP contribution in [0.3, 0.4) is 0 Å². The molecule has 1 atom stereocenters. The lowest BCUT2D eigenvalue weighted by molar-refractivity contribution is 0.0117. The van der Waals surface area contributed by atoms with Crippen LogP contribution in [0.2, 0.25) is 0 Å². The van der Waals surface area contributed by atoms with E-state index in [4.69, 9.17) is 4.74 Å². The van der Waals surface area contributed by atoms with Crippen molar-refractivity contribution in [3.63, 3.8) is 0 Å². The van der Waals surface area contributed by atoms with Gasteiger partial charge in [-0.3, -0.25) is 9.58 Å². The molecule has 22 heavy (non-hydrogen) atoms. The van der Waals surface area contributed by atoms with Crippen molar-refractivity contribution in [2.75, 3.05) is 0 Å². The molecule has 0 fully saturated rings. The third-order valence-corrected chi connectivity index (χ3v) is 3.60. The number of ether oxygens (including phenoxy) is 1. The summed E-state index contributed by atoms with van der Waals surface area (Å²) in [5.74, 6) is -0.962. The topological polar surface area (TPSA) is 84.7 Å². The maximum absolute atomic E-state index is 12.5. The predicted molar refractivity (Wildman–Crippen MR) is 79.5 cm³/mol. The van der Waals surface area contributed by atoms with E-state index in [1.165, 1.54) is 0 Å². The number of aryl methyl sites for hydroxylation is 1. The van der Waals surface area contributed by atoms with E-state index in [2.05, 4.69) is 5.10 Å². The Balaban J connectivity index is 2.42. The summed E-state index contributed by atoms with van der Waals surface area (Å²) in [6.45, 7) is 9.62. The molecular weight excluding hydrogens is 286 g/mol. The average Bonchev–Trinajstić information content (AvgIpc) is 2.85. The SMILES string of the molecule is CC(C)[C@H]1c2c(c(C(=O)O)nn2C)CN1C(=O)OC(C)(C)C. The Bertz CT molecular complexity index is 613. The quantitative estimate of drug-likeness (QED) is 0.907. The summed E-state index contributed by atoms with van der Waals surface area (Å²) < 4.78 is 7.02. The first-order valence-corrected chi connectivity index (χ1v) is 7.31. The van der Waals surface area contributed by atoms with Crippen LogP contribution in [-0.2, 0) is 18.3 Å². The fraction of sp³-hybridized carbons (Fsp3) is 0.667. The lowest BCUT2D eigenvalue weighted by Gasteiger charge is -2.31. The molecule has 0 spiro atoms. The largest absolute Gasteiger partial charge is 0.476 e. The van der Waals surface area contributed by atoms with Gasteiger partial charge in [-0.25, -0.2) is 9.59 Å². The summed E-state index contributed by atoms with van der Waals surface area (Å²) in [5.41, 5.74) is 0.786. The highest BCUT2D eigenvalue weighted by molar-refractivity contribution is 5.88. The van der Waals surface area contributed by atoms with Gasteiger partial charge in [-0.1, -0.05) is 13.8 Å². The van der Waals surface area contributed by atoms with Gasteiger partial charge >= 0.3 is 12.1 Å². The number of aromatic nitrogens is 2. The number of fused-ring (bicyclic) bond motifs is 1. The van der Waals surface area contributed by atoms with Crippen LogP contribution in [-0.4, -0.2) is 37.5 Å². The number of carboxylic acid groups (broad SMARTS) is 1. The molecule has 1 amide bonds. The molecule has 2 heterocycles. The number of hydrogen-bond donors (Lipinski definition) is 1. The van der Waals surface area contributed by atoms with E-state index in [1.54, 1.807) is 16.6 Å². The van der Waals surface area contributed by atoms with Crippen LogP contribution in [0.15, 0.2) is 0 Å². The van der Waals surface area contributed by atoms with Gasteiger partial charge in [-0.15, -0.1) is 0 Å². The van der Waals surface area contributed by atoms with E-state index in [0.29, 0.717) is 5.56 Å². The van der Waals surface area contributed by atoms with E-state index in [1.807, 2.05) is 34.6 Å². The van der Waals surface area contributed by atoms with Crippen molar-refractivity contribution in [2.45, 2.75) is 52.8 Å². The number of hydrogen-bond acceptors (Lipinski definition) is 4. The lowest BCUT2D eigenvalue weighted by atomic mass is 10.0. The Labute approximate surface area is 129 Å². The molecule has 0 aliphatic carbocycles. The molecule has 1 aromatic heterocycles. The minimum atomic E-state index is -1.08. The number of carbonyl (C=O) groups excluding carboxylic acids is 1. The van der Waals surface area contributed by atoms with Crippen molar-refractivity contribution >= 4 is 12.1 Å². The zero-order valence-electron chi connectivity index (χ0n) is 13.9. The normalized spacial score (nSPS) is 17.8. The second-order valence-electron chi connectivity index (χ2n) is 6.94. The third-order valence-electron chi connectivity index (χ3n) is 3.60. The van der Waals surface area contributed by atoms with E-state index < -0.39 is 17.7 Å². The number of rotatable bonds is 2. The highest BCUT2D eigenvalue weighted by Gasteiger charge is 2.42. The first-order valence-electron chi connectivity index (χ1n) is 7.31. The lowest BCUT2D eigenvalue weighted by Crippen LogP contribution is -2.38. The van der Waals surface area contributed by atoms with Gasteiger partial charge < -0.3 is 9.84 Å². The minimum absolute atomic E-state index is 0.00853. The van der Waals surface area contributed by atoms with Gasteiger partial charge in [-0.2, -0.15) is 5.10 Å². The molecule has 122 valence electrons. The number of nitrogens with zero attached hydrogens (tertiary/aromatic N) is 3. The van der Waals surface area contributed by atoms with Gasteiger partial charge in [0.2, 0.25) is 0 Å². The fourth-order valence-corrected chi connectivity index (χ4v) is 2.87. The molecule has 0 aromatic carbocycles. The molecule has 1 N–H and O–H groups in total. The monoisotopic (exact) mass is 309 g/mol. The summed E-state index contributed by atoms with van der Waals surface area (Å²) in [6, 6.07) is -0.240. The zero-order chi connectivity index (χ0) is 16.8. The second kappa shape index (κ2) is 5.30. The van der Waals surface area contributed by atoms with Gasteiger partial charge in [0.15, 0.2) is 5.69 Å². The van der Waals surface area contributed by atoms with Gasteiger partial charge in [0.25, 0.3) is 0 Å². The van der Waals surface area contributed by atoms with Gasteiger partial charge in [0.05, 0.1) is 18.3 Å². The average molecular weight is 309 g/mol. The molecule has 0 radical (unpaired) electrons. The highest BCUT2D eigenvalue weighted by Crippen LogP contribution is 2.40. The fourth-order valence-electron chi connectivity index (χ4n) is 2.87. The maximum Gasteiger partial charge on any atom is 0.411 e. The number of carboxylic acids is 1. The van der Waals surface area contributed by atoms with Crippen molar-refractivity contribution in [3.05, 3.63) is 17.0 Å². The molecule has 7 nitrogen and oxygen atoms in total. The number of carbonyl (C=O) groups is 2. The van der Waals surface area contributed by atoms with Crippen LogP contribution in [0.5, 0.6) is 0 Å². The standard InChI is InChI=1S/C15H23N3O4/c1-8(2)11-12-9(10(13(19)20)16-17(12)6)7-18(11)14(21)22-15(3,4)5/h8,11H,7H2,1-6H3,(H,19,20)/t11-/m0/s1. The first kappa shape index (κ1) is 16.3. The van der Waals surface area contributed by atoms with Crippen molar-refractivity contribution in [3.8, 4) is 0 Å². The molecule has 2 rings (SSSR count). The maximum atomic E-state index is 12.5. The molecule has 0 bridgehead atoms. The first-order chi connectivity index (χ1) is 10.0. The minimum Gasteiger partial charge on any atom is -0.476 e. The third kappa shape index (κ3) is 2.80. The summed E-state index contributed by atoms with van der Waals surface area (Å²) in [4.78, 5) is 25.4.